The number of rotatable bonds is 4. The molecule has 2 aliphatic rings. The number of ether oxygens (including phenoxy) is 1. The van der Waals surface area contributed by atoms with Crippen LogP contribution in [-0.2, 0) is 4.74 Å². The number of likely N-dealkylation sites (tertiary alicyclic amines) is 1. The van der Waals surface area contributed by atoms with Crippen molar-refractivity contribution in [3.63, 3.8) is 0 Å². The van der Waals surface area contributed by atoms with Gasteiger partial charge in [0.15, 0.2) is 0 Å². The number of esters is 1. The van der Waals surface area contributed by atoms with Crippen molar-refractivity contribution in [3.8, 4) is 0 Å². The molecular weight excluding hydrogens is 242 g/mol. The van der Waals surface area contributed by atoms with Crippen LogP contribution in [-0.4, -0.2) is 48.1 Å². The van der Waals surface area contributed by atoms with E-state index in [0.717, 1.165) is 25.6 Å². The zero-order valence-electron chi connectivity index (χ0n) is 11.1. The molecule has 3 rings (SSSR count). The van der Waals surface area contributed by atoms with Gasteiger partial charge in [-0.3, -0.25) is 4.90 Å². The Morgan fingerprint density at radius 2 is 2.32 bits per heavy atom. The Labute approximate surface area is 113 Å². The van der Waals surface area contributed by atoms with E-state index in [1.54, 1.807) is 18.3 Å². The SMILES string of the molecule is COC(=O)c1cccnc1NC1CCN(C2CC2)C1. The maximum atomic E-state index is 11.7. The Kier molecular flexibility index (Phi) is 3.38. The third-order valence-electron chi connectivity index (χ3n) is 3.84. The van der Waals surface area contributed by atoms with E-state index in [2.05, 4.69) is 15.2 Å². The fourth-order valence-electron chi connectivity index (χ4n) is 2.66. The molecule has 0 bridgehead atoms. The van der Waals surface area contributed by atoms with E-state index in [9.17, 15) is 4.79 Å². The molecule has 0 spiro atoms. The molecule has 1 atom stereocenters. The van der Waals surface area contributed by atoms with E-state index >= 15 is 0 Å². The van der Waals surface area contributed by atoms with Crippen LogP contribution in [0.15, 0.2) is 18.3 Å². The molecule has 102 valence electrons. The van der Waals surface area contributed by atoms with Gasteiger partial charge in [-0.15, -0.1) is 0 Å². The Bertz CT molecular complexity index is 474. The average Bonchev–Trinajstić information content (AvgIpc) is 3.19. The highest BCUT2D eigenvalue weighted by Gasteiger charge is 2.34. The number of anilines is 1. The van der Waals surface area contributed by atoms with Gasteiger partial charge in [-0.25, -0.2) is 9.78 Å². The smallest absolute Gasteiger partial charge is 0.341 e. The minimum absolute atomic E-state index is 0.340. The van der Waals surface area contributed by atoms with Crippen LogP contribution < -0.4 is 5.32 Å². The Morgan fingerprint density at radius 1 is 1.47 bits per heavy atom. The van der Waals surface area contributed by atoms with Crippen molar-refractivity contribution < 1.29 is 9.53 Å². The van der Waals surface area contributed by atoms with Crippen LogP contribution in [0.25, 0.3) is 0 Å². The number of pyridine rings is 1. The summed E-state index contributed by atoms with van der Waals surface area (Å²) in [4.78, 5) is 18.5. The normalized spacial score (nSPS) is 23.3. The van der Waals surface area contributed by atoms with Crippen LogP contribution in [0.1, 0.15) is 29.6 Å². The van der Waals surface area contributed by atoms with Gasteiger partial charge >= 0.3 is 5.97 Å². The molecule has 0 amide bonds. The number of hydrogen-bond donors (Lipinski definition) is 1. The summed E-state index contributed by atoms with van der Waals surface area (Å²) in [5, 5.41) is 3.38. The molecule has 1 aromatic heterocycles. The molecule has 2 heterocycles. The van der Waals surface area contributed by atoms with Gasteiger partial charge in [-0.1, -0.05) is 0 Å². The van der Waals surface area contributed by atoms with Gasteiger partial charge < -0.3 is 10.1 Å². The molecular formula is C14H19N3O2. The summed E-state index contributed by atoms with van der Waals surface area (Å²) in [5.41, 5.74) is 0.509. The van der Waals surface area contributed by atoms with Crippen LogP contribution in [0.4, 0.5) is 5.82 Å². The number of aromatic nitrogens is 1. The van der Waals surface area contributed by atoms with Gasteiger partial charge in [0.2, 0.25) is 0 Å². The lowest BCUT2D eigenvalue weighted by Gasteiger charge is -2.17. The second kappa shape index (κ2) is 5.17. The molecule has 1 saturated heterocycles. The van der Waals surface area contributed by atoms with E-state index in [0.29, 0.717) is 17.4 Å². The number of nitrogens with zero attached hydrogens (tertiary/aromatic N) is 2. The molecule has 0 aromatic carbocycles. The summed E-state index contributed by atoms with van der Waals surface area (Å²) < 4.78 is 4.78. The second-order valence-electron chi connectivity index (χ2n) is 5.25. The van der Waals surface area contributed by atoms with Crippen LogP contribution in [0.2, 0.25) is 0 Å². The minimum Gasteiger partial charge on any atom is -0.465 e. The molecule has 1 aliphatic heterocycles. The van der Waals surface area contributed by atoms with Gasteiger partial charge in [0, 0.05) is 31.4 Å². The molecule has 5 heteroatoms. The zero-order chi connectivity index (χ0) is 13.2. The first-order valence-electron chi connectivity index (χ1n) is 6.82. The number of hydrogen-bond acceptors (Lipinski definition) is 5. The monoisotopic (exact) mass is 261 g/mol. The van der Waals surface area contributed by atoms with Crippen LogP contribution in [0, 0.1) is 0 Å². The van der Waals surface area contributed by atoms with Crippen molar-refractivity contribution in [2.45, 2.75) is 31.3 Å². The minimum atomic E-state index is -0.340. The second-order valence-corrected chi connectivity index (χ2v) is 5.25. The third kappa shape index (κ3) is 2.71. The van der Waals surface area contributed by atoms with Crippen molar-refractivity contribution >= 4 is 11.8 Å². The van der Waals surface area contributed by atoms with Crippen LogP contribution in [0.3, 0.4) is 0 Å². The zero-order valence-corrected chi connectivity index (χ0v) is 11.1. The maximum Gasteiger partial charge on any atom is 0.341 e. The summed E-state index contributed by atoms with van der Waals surface area (Å²) in [6.45, 7) is 2.19. The third-order valence-corrected chi connectivity index (χ3v) is 3.84. The van der Waals surface area contributed by atoms with Crippen molar-refractivity contribution in [1.82, 2.24) is 9.88 Å². The van der Waals surface area contributed by atoms with Gasteiger partial charge in [0.25, 0.3) is 0 Å². The topological polar surface area (TPSA) is 54.5 Å². The molecule has 1 saturated carbocycles. The van der Waals surface area contributed by atoms with Gasteiger partial charge in [-0.05, 0) is 31.4 Å². The van der Waals surface area contributed by atoms with Gasteiger partial charge in [0.05, 0.1) is 7.11 Å². The number of methoxy groups -OCH3 is 1. The van der Waals surface area contributed by atoms with Crippen LogP contribution in [0.5, 0.6) is 0 Å². The summed E-state index contributed by atoms with van der Waals surface area (Å²) >= 11 is 0. The first-order valence-corrected chi connectivity index (χ1v) is 6.82. The van der Waals surface area contributed by atoms with E-state index < -0.39 is 0 Å². The molecule has 1 aliphatic carbocycles. The Morgan fingerprint density at radius 3 is 3.05 bits per heavy atom. The largest absolute Gasteiger partial charge is 0.465 e. The lowest BCUT2D eigenvalue weighted by molar-refractivity contribution is 0.0601. The van der Waals surface area contributed by atoms with E-state index in [1.165, 1.54) is 20.0 Å². The predicted octanol–water partition coefficient (Wildman–Crippen LogP) is 1.52. The molecule has 0 radical (unpaired) electrons. The quantitative estimate of drug-likeness (QED) is 0.833. The first-order chi connectivity index (χ1) is 9.28. The van der Waals surface area contributed by atoms with E-state index in [-0.39, 0.29) is 5.97 Å². The lowest BCUT2D eigenvalue weighted by Crippen LogP contribution is -2.28. The number of carbonyl (C=O) groups is 1. The molecule has 19 heavy (non-hydrogen) atoms. The van der Waals surface area contributed by atoms with Gasteiger partial charge in [-0.2, -0.15) is 0 Å². The fourth-order valence-corrected chi connectivity index (χ4v) is 2.66. The molecule has 1 aromatic rings. The van der Waals surface area contributed by atoms with Crippen molar-refractivity contribution in [2.24, 2.45) is 0 Å². The van der Waals surface area contributed by atoms with Crippen molar-refractivity contribution in [3.05, 3.63) is 23.9 Å². The molecule has 1 unspecified atom stereocenters. The fraction of sp³-hybridized carbons (Fsp3) is 0.571. The molecule has 5 nitrogen and oxygen atoms in total. The summed E-state index contributed by atoms with van der Waals surface area (Å²) in [6, 6.07) is 4.67. The molecule has 1 N–H and O–H groups in total. The summed E-state index contributed by atoms with van der Waals surface area (Å²) in [7, 11) is 1.39. The highest BCUT2D eigenvalue weighted by atomic mass is 16.5. The maximum absolute atomic E-state index is 11.7. The average molecular weight is 261 g/mol. The van der Waals surface area contributed by atoms with Crippen molar-refractivity contribution in [1.29, 1.82) is 0 Å². The number of nitrogens with one attached hydrogen (secondary N) is 1. The lowest BCUT2D eigenvalue weighted by atomic mass is 10.2. The van der Waals surface area contributed by atoms with E-state index in [1.807, 2.05) is 0 Å². The Hall–Kier alpha value is -1.62. The van der Waals surface area contributed by atoms with Crippen LogP contribution >= 0.6 is 0 Å². The molecule has 2 fully saturated rings. The standard InChI is InChI=1S/C14H19N3O2/c1-19-14(18)12-3-2-7-15-13(12)16-10-6-8-17(9-10)11-4-5-11/h2-3,7,10-11H,4-6,8-9H2,1H3,(H,15,16). The van der Waals surface area contributed by atoms with Gasteiger partial charge in [0.1, 0.15) is 11.4 Å². The summed E-state index contributed by atoms with van der Waals surface area (Å²) in [6.07, 6.45) is 5.48. The highest BCUT2D eigenvalue weighted by molar-refractivity contribution is 5.94. The van der Waals surface area contributed by atoms with Crippen molar-refractivity contribution in [2.75, 3.05) is 25.5 Å². The highest BCUT2D eigenvalue weighted by Crippen LogP contribution is 2.30. The predicted molar refractivity (Wildman–Crippen MR) is 72.2 cm³/mol. The first kappa shape index (κ1) is 12.4. The number of carbonyl (C=O) groups excluding carboxylic acids is 1. The van der Waals surface area contributed by atoms with E-state index in [4.69, 9.17) is 4.74 Å². The summed E-state index contributed by atoms with van der Waals surface area (Å²) in [5.74, 6) is 0.296. The Balaban J connectivity index is 1.67.